The van der Waals surface area contributed by atoms with Crippen LogP contribution in [0, 0.1) is 6.92 Å². The molecule has 2 aromatic heterocycles. The molecular weight excluding hydrogens is 287 g/mol. The molecule has 0 aliphatic carbocycles. The van der Waals surface area contributed by atoms with Gasteiger partial charge < -0.3 is 15.6 Å². The van der Waals surface area contributed by atoms with Crippen molar-refractivity contribution >= 4 is 40.5 Å². The van der Waals surface area contributed by atoms with Gasteiger partial charge in [0.15, 0.2) is 5.15 Å². The average Bonchev–Trinajstić information content (AvgIpc) is 2.62. The van der Waals surface area contributed by atoms with Gasteiger partial charge in [0.2, 0.25) is 0 Å². The molecule has 0 aliphatic heterocycles. The number of carbonyl (C=O) groups is 1. The van der Waals surface area contributed by atoms with Crippen molar-refractivity contribution < 1.29 is 4.79 Å². The van der Waals surface area contributed by atoms with E-state index in [-0.39, 0.29) is 16.2 Å². The van der Waals surface area contributed by atoms with Gasteiger partial charge >= 0.3 is 0 Å². The molecule has 0 fully saturated rings. The predicted molar refractivity (Wildman–Crippen MR) is 76.8 cm³/mol. The summed E-state index contributed by atoms with van der Waals surface area (Å²) in [5.74, 6) is -0.312. The van der Waals surface area contributed by atoms with Gasteiger partial charge in [-0.25, -0.2) is 4.98 Å². The molecular formula is C12H12Cl2N4O. The van der Waals surface area contributed by atoms with Crippen molar-refractivity contribution in [3.05, 3.63) is 39.9 Å². The number of carbonyl (C=O) groups excluding carboxylic acids is 1. The zero-order chi connectivity index (χ0) is 14.2. The molecule has 2 heterocycles. The maximum absolute atomic E-state index is 12.1. The topological polar surface area (TPSA) is 72.9 Å². The highest BCUT2D eigenvalue weighted by atomic mass is 35.5. The van der Waals surface area contributed by atoms with E-state index in [1.54, 1.807) is 36.9 Å². The molecule has 0 saturated heterocycles. The minimum Gasteiger partial charge on any atom is -0.397 e. The van der Waals surface area contributed by atoms with Crippen molar-refractivity contribution in [3.8, 4) is 0 Å². The van der Waals surface area contributed by atoms with Crippen LogP contribution in [0.25, 0.3) is 0 Å². The summed E-state index contributed by atoms with van der Waals surface area (Å²) in [4.78, 5) is 16.0. The van der Waals surface area contributed by atoms with Crippen molar-refractivity contribution in [1.29, 1.82) is 0 Å². The van der Waals surface area contributed by atoms with E-state index in [1.807, 2.05) is 0 Å². The molecule has 0 saturated carbocycles. The minimum absolute atomic E-state index is 0.153. The molecule has 0 aromatic carbocycles. The molecule has 0 spiro atoms. The lowest BCUT2D eigenvalue weighted by molar-refractivity contribution is 0.101. The molecule has 0 atom stereocenters. The molecule has 0 aliphatic rings. The van der Waals surface area contributed by atoms with Crippen LogP contribution in [0.2, 0.25) is 10.3 Å². The zero-order valence-electron chi connectivity index (χ0n) is 10.4. The summed E-state index contributed by atoms with van der Waals surface area (Å²) in [5.41, 5.74) is 7.76. The molecule has 0 bridgehead atoms. The normalized spacial score (nSPS) is 10.5. The Kier molecular flexibility index (Phi) is 3.68. The number of anilines is 2. The Balaban J connectivity index is 2.32. The molecule has 1 amide bonds. The number of aryl methyl sites for hydroxylation is 2. The number of aromatic nitrogens is 2. The average molecular weight is 299 g/mol. The second-order valence-corrected chi connectivity index (χ2v) is 4.90. The van der Waals surface area contributed by atoms with Crippen molar-refractivity contribution in [2.75, 3.05) is 11.1 Å². The maximum atomic E-state index is 12.1. The van der Waals surface area contributed by atoms with Gasteiger partial charge in [-0.05, 0) is 24.6 Å². The number of nitrogens with one attached hydrogen (secondary N) is 1. The highest BCUT2D eigenvalue weighted by Crippen LogP contribution is 2.27. The summed E-state index contributed by atoms with van der Waals surface area (Å²) in [6.07, 6.45) is 1.66. The van der Waals surface area contributed by atoms with E-state index in [9.17, 15) is 4.79 Å². The number of hydrogen-bond donors (Lipinski definition) is 2. The van der Waals surface area contributed by atoms with Gasteiger partial charge in [0, 0.05) is 13.2 Å². The van der Waals surface area contributed by atoms with Crippen LogP contribution in [0.5, 0.6) is 0 Å². The van der Waals surface area contributed by atoms with Gasteiger partial charge in [-0.2, -0.15) is 0 Å². The number of amides is 1. The van der Waals surface area contributed by atoms with Crippen LogP contribution in [-0.4, -0.2) is 15.5 Å². The second-order valence-electron chi connectivity index (χ2n) is 4.15. The van der Waals surface area contributed by atoms with E-state index in [4.69, 9.17) is 28.9 Å². The Labute approximate surface area is 120 Å². The van der Waals surface area contributed by atoms with E-state index in [1.165, 1.54) is 0 Å². The highest BCUT2D eigenvalue weighted by molar-refractivity contribution is 6.35. The third kappa shape index (κ3) is 2.83. The second kappa shape index (κ2) is 5.11. The number of nitrogen functional groups attached to an aromatic ring is 1. The first-order chi connectivity index (χ1) is 8.88. The predicted octanol–water partition coefficient (Wildman–Crippen LogP) is 2.87. The third-order valence-electron chi connectivity index (χ3n) is 2.64. The number of hydrogen-bond acceptors (Lipinski definition) is 3. The summed E-state index contributed by atoms with van der Waals surface area (Å²) in [6, 6.07) is 3.21. The van der Waals surface area contributed by atoms with Gasteiger partial charge in [0.25, 0.3) is 5.91 Å². The molecule has 7 heteroatoms. The smallest absolute Gasteiger partial charge is 0.272 e. The lowest BCUT2D eigenvalue weighted by Crippen LogP contribution is -2.16. The zero-order valence-corrected chi connectivity index (χ0v) is 11.9. The fourth-order valence-electron chi connectivity index (χ4n) is 1.74. The molecule has 2 aromatic rings. The Morgan fingerprint density at radius 2 is 2.11 bits per heavy atom. The van der Waals surface area contributed by atoms with Crippen LogP contribution in [0.3, 0.4) is 0 Å². The number of pyridine rings is 1. The van der Waals surface area contributed by atoms with E-state index < -0.39 is 0 Å². The largest absolute Gasteiger partial charge is 0.397 e. The number of nitrogens with two attached hydrogens (primary N) is 1. The highest BCUT2D eigenvalue weighted by Gasteiger charge is 2.15. The van der Waals surface area contributed by atoms with Crippen LogP contribution in [0.4, 0.5) is 11.4 Å². The van der Waals surface area contributed by atoms with Crippen LogP contribution in [-0.2, 0) is 7.05 Å². The molecule has 19 heavy (non-hydrogen) atoms. The van der Waals surface area contributed by atoms with Crippen molar-refractivity contribution in [2.45, 2.75) is 6.92 Å². The minimum atomic E-state index is -0.312. The third-order valence-corrected chi connectivity index (χ3v) is 3.11. The lowest BCUT2D eigenvalue weighted by Gasteiger charge is -2.10. The van der Waals surface area contributed by atoms with Gasteiger partial charge in [-0.15, -0.1) is 0 Å². The molecule has 3 N–H and O–H groups in total. The lowest BCUT2D eigenvalue weighted by atomic mass is 10.2. The Hall–Kier alpha value is -1.72. The molecule has 0 unspecified atom stereocenters. The van der Waals surface area contributed by atoms with Crippen molar-refractivity contribution in [2.24, 2.45) is 7.05 Å². The Bertz CT molecular complexity index is 628. The van der Waals surface area contributed by atoms with Crippen LogP contribution >= 0.6 is 23.2 Å². The van der Waals surface area contributed by atoms with Gasteiger partial charge in [-0.3, -0.25) is 4.79 Å². The van der Waals surface area contributed by atoms with E-state index in [0.717, 1.165) is 5.56 Å². The summed E-state index contributed by atoms with van der Waals surface area (Å²) in [5, 5.41) is 3.14. The molecule has 2 rings (SSSR count). The van der Waals surface area contributed by atoms with Crippen LogP contribution in [0.1, 0.15) is 16.1 Å². The van der Waals surface area contributed by atoms with Gasteiger partial charge in [0.1, 0.15) is 10.8 Å². The number of rotatable bonds is 2. The summed E-state index contributed by atoms with van der Waals surface area (Å²) >= 11 is 11.7. The summed E-state index contributed by atoms with van der Waals surface area (Å²) < 4.78 is 1.64. The first kappa shape index (κ1) is 13.7. The fourth-order valence-corrected chi connectivity index (χ4v) is 2.32. The first-order valence-electron chi connectivity index (χ1n) is 5.44. The SMILES string of the molecule is Cc1cc(Cl)nc(Cl)c1NC(=O)c1cc(N)cn1C. The Morgan fingerprint density at radius 3 is 2.63 bits per heavy atom. The fraction of sp³-hybridized carbons (Fsp3) is 0.167. The quantitative estimate of drug-likeness (QED) is 0.837. The van der Waals surface area contributed by atoms with Crippen LogP contribution in [0.15, 0.2) is 18.3 Å². The van der Waals surface area contributed by atoms with Crippen molar-refractivity contribution in [1.82, 2.24) is 9.55 Å². The Morgan fingerprint density at radius 1 is 1.42 bits per heavy atom. The van der Waals surface area contributed by atoms with Crippen molar-refractivity contribution in [3.63, 3.8) is 0 Å². The summed E-state index contributed by atoms with van der Waals surface area (Å²) in [6.45, 7) is 1.79. The number of nitrogens with zero attached hydrogens (tertiary/aromatic N) is 2. The summed E-state index contributed by atoms with van der Waals surface area (Å²) in [7, 11) is 1.74. The monoisotopic (exact) mass is 298 g/mol. The van der Waals surface area contributed by atoms with E-state index in [0.29, 0.717) is 17.1 Å². The van der Waals surface area contributed by atoms with Gasteiger partial charge in [-0.1, -0.05) is 23.2 Å². The van der Waals surface area contributed by atoms with Crippen LogP contribution < -0.4 is 11.1 Å². The molecule has 0 radical (unpaired) electrons. The standard InChI is InChI=1S/C12H12Cl2N4O/c1-6-3-9(13)16-11(14)10(6)17-12(19)8-4-7(15)5-18(8)2/h3-5H,15H2,1-2H3,(H,17,19). The molecule has 5 nitrogen and oxygen atoms in total. The number of halogens is 2. The van der Waals surface area contributed by atoms with E-state index in [2.05, 4.69) is 10.3 Å². The van der Waals surface area contributed by atoms with E-state index >= 15 is 0 Å². The first-order valence-corrected chi connectivity index (χ1v) is 6.20. The maximum Gasteiger partial charge on any atom is 0.272 e. The molecule has 100 valence electrons. The van der Waals surface area contributed by atoms with Gasteiger partial charge in [0.05, 0.1) is 11.4 Å².